The summed E-state index contributed by atoms with van der Waals surface area (Å²) in [5.74, 6) is 0.603. The van der Waals surface area contributed by atoms with Crippen LogP contribution in [-0.4, -0.2) is 28.1 Å². The molecule has 0 aliphatic heterocycles. The van der Waals surface area contributed by atoms with E-state index in [0.29, 0.717) is 17.1 Å². The van der Waals surface area contributed by atoms with Crippen molar-refractivity contribution in [2.45, 2.75) is 6.54 Å². The van der Waals surface area contributed by atoms with Gasteiger partial charge in [-0.15, -0.1) is 5.10 Å². The van der Waals surface area contributed by atoms with Crippen molar-refractivity contribution in [3.05, 3.63) is 53.0 Å². The Hall–Kier alpha value is -2.87. The minimum Gasteiger partial charge on any atom is -0.495 e. The number of nitrogens with one attached hydrogen (secondary N) is 2. The molecule has 2 amide bonds. The smallest absolute Gasteiger partial charge is 0.319 e. The van der Waals surface area contributed by atoms with Crippen LogP contribution in [0.25, 0.3) is 5.69 Å². The summed E-state index contributed by atoms with van der Waals surface area (Å²) in [5, 5.41) is 17.5. The maximum absolute atomic E-state index is 12.0. The third kappa shape index (κ3) is 3.67. The number of urea groups is 1. The van der Waals surface area contributed by atoms with Gasteiger partial charge >= 0.3 is 6.03 Å². The fourth-order valence-electron chi connectivity index (χ4n) is 1.98. The molecule has 0 bridgehead atoms. The van der Waals surface area contributed by atoms with Gasteiger partial charge in [0.15, 0.2) is 0 Å². The lowest BCUT2D eigenvalue weighted by molar-refractivity contribution is 0.251. The van der Waals surface area contributed by atoms with E-state index in [4.69, 9.17) is 4.74 Å². The normalized spacial score (nSPS) is 10.3. The summed E-state index contributed by atoms with van der Waals surface area (Å²) in [6.07, 6.45) is 1.78. The first-order valence-electron chi connectivity index (χ1n) is 6.88. The molecule has 23 heavy (non-hydrogen) atoms. The highest BCUT2D eigenvalue weighted by molar-refractivity contribution is 7.08. The Kier molecular flexibility index (Phi) is 4.53. The van der Waals surface area contributed by atoms with Crippen molar-refractivity contribution in [2.24, 2.45) is 0 Å². The van der Waals surface area contributed by atoms with Crippen molar-refractivity contribution in [3.8, 4) is 11.4 Å². The number of nitrogens with zero attached hydrogens (tertiary/aromatic N) is 3. The van der Waals surface area contributed by atoms with E-state index in [0.717, 1.165) is 5.69 Å². The van der Waals surface area contributed by atoms with Crippen molar-refractivity contribution in [2.75, 3.05) is 12.4 Å². The van der Waals surface area contributed by atoms with Gasteiger partial charge in [0.1, 0.15) is 11.4 Å². The molecule has 0 aliphatic carbocycles. The summed E-state index contributed by atoms with van der Waals surface area (Å²) in [4.78, 5) is 12.0. The summed E-state index contributed by atoms with van der Waals surface area (Å²) in [7, 11) is 1.56. The zero-order chi connectivity index (χ0) is 16.1. The van der Waals surface area contributed by atoms with Gasteiger partial charge in [0.05, 0.1) is 31.2 Å². The number of ether oxygens (including phenoxy) is 1. The number of carbonyl (C=O) groups excluding carboxylic acids is 1. The summed E-state index contributed by atoms with van der Waals surface area (Å²) in [6.45, 7) is 0.283. The predicted octanol–water partition coefficient (Wildman–Crippen LogP) is 2.66. The summed E-state index contributed by atoms with van der Waals surface area (Å²) >= 11 is 1.59. The van der Waals surface area contributed by atoms with Crippen molar-refractivity contribution in [3.63, 3.8) is 0 Å². The zero-order valence-electron chi connectivity index (χ0n) is 12.4. The summed E-state index contributed by atoms with van der Waals surface area (Å²) in [6, 6.07) is 8.83. The number of amides is 2. The number of hydrogen-bond donors (Lipinski definition) is 2. The summed E-state index contributed by atoms with van der Waals surface area (Å²) in [5.41, 5.74) is 2.23. The van der Waals surface area contributed by atoms with Gasteiger partial charge in [-0.05, 0) is 23.6 Å². The third-order valence-corrected chi connectivity index (χ3v) is 3.77. The number of hydrogen-bond acceptors (Lipinski definition) is 5. The lowest BCUT2D eigenvalue weighted by Crippen LogP contribution is -2.28. The van der Waals surface area contributed by atoms with Crippen molar-refractivity contribution in [1.29, 1.82) is 0 Å². The van der Waals surface area contributed by atoms with E-state index >= 15 is 0 Å². The van der Waals surface area contributed by atoms with Crippen LogP contribution in [-0.2, 0) is 6.54 Å². The minimum atomic E-state index is -0.334. The van der Waals surface area contributed by atoms with Crippen LogP contribution in [0.4, 0.5) is 10.5 Å². The Morgan fingerprint density at radius 2 is 2.22 bits per heavy atom. The van der Waals surface area contributed by atoms with Crippen molar-refractivity contribution >= 4 is 23.1 Å². The van der Waals surface area contributed by atoms with Gasteiger partial charge in [0.2, 0.25) is 0 Å². The van der Waals surface area contributed by atoms with Gasteiger partial charge in [0, 0.05) is 5.38 Å². The molecule has 2 aromatic heterocycles. The van der Waals surface area contributed by atoms with E-state index in [-0.39, 0.29) is 12.6 Å². The number of anilines is 1. The Morgan fingerprint density at radius 3 is 3.00 bits per heavy atom. The highest BCUT2D eigenvalue weighted by Gasteiger charge is 2.08. The first-order valence-corrected chi connectivity index (χ1v) is 7.82. The van der Waals surface area contributed by atoms with Crippen LogP contribution in [0.15, 0.2) is 47.3 Å². The van der Waals surface area contributed by atoms with Crippen LogP contribution < -0.4 is 15.4 Å². The van der Waals surface area contributed by atoms with Crippen LogP contribution in [0, 0.1) is 0 Å². The molecule has 1 aromatic carbocycles. The van der Waals surface area contributed by atoms with Crippen LogP contribution in [0.1, 0.15) is 5.69 Å². The Labute approximate surface area is 136 Å². The SMILES string of the molecule is COc1ccccc1NC(=O)NCc1cn(-c2ccsc2)nn1. The highest BCUT2D eigenvalue weighted by atomic mass is 32.1. The number of benzene rings is 1. The highest BCUT2D eigenvalue weighted by Crippen LogP contribution is 2.22. The van der Waals surface area contributed by atoms with Crippen LogP contribution >= 0.6 is 11.3 Å². The molecule has 2 N–H and O–H groups in total. The molecule has 2 heterocycles. The van der Waals surface area contributed by atoms with Gasteiger partial charge in [-0.1, -0.05) is 17.3 Å². The molecular formula is C15H15N5O2S. The van der Waals surface area contributed by atoms with E-state index in [1.807, 2.05) is 29.0 Å². The maximum Gasteiger partial charge on any atom is 0.319 e. The quantitative estimate of drug-likeness (QED) is 0.754. The first-order chi connectivity index (χ1) is 11.3. The monoisotopic (exact) mass is 329 g/mol. The van der Waals surface area contributed by atoms with Crippen LogP contribution in [0.5, 0.6) is 5.75 Å². The number of para-hydroxylation sites is 2. The second kappa shape index (κ2) is 6.93. The molecule has 0 radical (unpaired) electrons. The largest absolute Gasteiger partial charge is 0.495 e. The van der Waals surface area contributed by atoms with Gasteiger partial charge in [-0.2, -0.15) is 11.3 Å². The van der Waals surface area contributed by atoms with E-state index in [1.54, 1.807) is 41.5 Å². The van der Waals surface area contributed by atoms with E-state index in [9.17, 15) is 4.79 Å². The molecule has 0 saturated heterocycles. The van der Waals surface area contributed by atoms with E-state index in [2.05, 4.69) is 20.9 Å². The molecule has 0 saturated carbocycles. The number of methoxy groups -OCH3 is 1. The van der Waals surface area contributed by atoms with Crippen LogP contribution in [0.3, 0.4) is 0 Å². The fourth-order valence-corrected chi connectivity index (χ4v) is 2.60. The molecule has 8 heteroatoms. The minimum absolute atomic E-state index is 0.283. The Morgan fingerprint density at radius 1 is 1.35 bits per heavy atom. The lowest BCUT2D eigenvalue weighted by Gasteiger charge is -2.10. The third-order valence-electron chi connectivity index (χ3n) is 3.10. The number of thiophene rings is 1. The van der Waals surface area contributed by atoms with Gasteiger partial charge in [-0.3, -0.25) is 0 Å². The zero-order valence-corrected chi connectivity index (χ0v) is 13.2. The van der Waals surface area contributed by atoms with E-state index in [1.165, 1.54) is 0 Å². The molecule has 0 spiro atoms. The Balaban J connectivity index is 1.57. The topological polar surface area (TPSA) is 81.1 Å². The number of aromatic nitrogens is 3. The lowest BCUT2D eigenvalue weighted by atomic mass is 10.3. The average Bonchev–Trinajstić information content (AvgIpc) is 3.24. The predicted molar refractivity (Wildman–Crippen MR) is 88.1 cm³/mol. The van der Waals surface area contributed by atoms with Crippen LogP contribution in [0.2, 0.25) is 0 Å². The molecule has 0 fully saturated rings. The second-order valence-corrected chi connectivity index (χ2v) is 5.42. The standard InChI is InChI=1S/C15H15N5O2S/c1-22-14-5-3-2-4-13(14)17-15(21)16-8-11-9-20(19-18-11)12-6-7-23-10-12/h2-7,9-10H,8H2,1H3,(H2,16,17,21). The molecule has 7 nitrogen and oxygen atoms in total. The van der Waals surface area contributed by atoms with Gasteiger partial charge in [-0.25, -0.2) is 9.48 Å². The molecule has 3 aromatic rings. The van der Waals surface area contributed by atoms with Gasteiger partial charge in [0.25, 0.3) is 0 Å². The average molecular weight is 329 g/mol. The van der Waals surface area contributed by atoms with Crippen molar-refractivity contribution < 1.29 is 9.53 Å². The number of rotatable bonds is 5. The molecule has 3 rings (SSSR count). The first kappa shape index (κ1) is 15.0. The second-order valence-electron chi connectivity index (χ2n) is 4.64. The molecule has 0 aliphatic rings. The summed E-state index contributed by atoms with van der Waals surface area (Å²) < 4.78 is 6.86. The van der Waals surface area contributed by atoms with Crippen molar-refractivity contribution in [1.82, 2.24) is 20.3 Å². The maximum atomic E-state index is 12.0. The molecule has 0 unspecified atom stereocenters. The van der Waals surface area contributed by atoms with Gasteiger partial charge < -0.3 is 15.4 Å². The molecular weight excluding hydrogens is 314 g/mol. The Bertz CT molecular complexity index is 785. The molecule has 118 valence electrons. The number of carbonyl (C=O) groups is 1. The van der Waals surface area contributed by atoms with E-state index < -0.39 is 0 Å². The molecule has 0 atom stereocenters. The fraction of sp³-hybridized carbons (Fsp3) is 0.133.